The summed E-state index contributed by atoms with van der Waals surface area (Å²) in [4.78, 5) is 24.2. The smallest absolute Gasteiger partial charge is 0.306 e. The number of allylic oxidation sites excluding steroid dienone is 10. The fourth-order valence-corrected chi connectivity index (χ4v) is 5.18. The van der Waals surface area contributed by atoms with E-state index in [0.717, 1.165) is 57.8 Å². The molecule has 1 N–H and O–H groups in total. The van der Waals surface area contributed by atoms with Crippen molar-refractivity contribution in [1.82, 2.24) is 0 Å². The molecule has 1 atom stereocenters. The van der Waals surface area contributed by atoms with Crippen LogP contribution >= 0.6 is 0 Å². The van der Waals surface area contributed by atoms with Crippen LogP contribution in [0.4, 0.5) is 0 Å². The summed E-state index contributed by atoms with van der Waals surface area (Å²) in [5.41, 5.74) is 0. The molecule has 0 radical (unpaired) electrons. The highest BCUT2D eigenvalue weighted by Crippen LogP contribution is 2.14. The van der Waals surface area contributed by atoms with Gasteiger partial charge in [0.15, 0.2) is 6.10 Å². The molecule has 5 nitrogen and oxygen atoms in total. The zero-order chi connectivity index (χ0) is 34.3. The molecule has 0 unspecified atom stereocenters. The minimum absolute atomic E-state index is 0.0886. The second-order valence-electron chi connectivity index (χ2n) is 12.6. The van der Waals surface area contributed by atoms with Gasteiger partial charge in [0.1, 0.15) is 6.61 Å². The van der Waals surface area contributed by atoms with Crippen LogP contribution in [-0.4, -0.2) is 36.4 Å². The Hall–Kier alpha value is -2.40. The molecule has 0 saturated carbocycles. The van der Waals surface area contributed by atoms with Crippen molar-refractivity contribution in [3.05, 3.63) is 60.8 Å². The predicted octanol–water partition coefficient (Wildman–Crippen LogP) is 12.0. The normalized spacial score (nSPS) is 12.8. The van der Waals surface area contributed by atoms with Gasteiger partial charge in [-0.15, -0.1) is 0 Å². The first-order chi connectivity index (χ1) is 23.1. The Morgan fingerprint density at radius 2 is 0.915 bits per heavy atom. The van der Waals surface area contributed by atoms with Gasteiger partial charge in [0.05, 0.1) is 6.61 Å². The molecule has 0 aliphatic carbocycles. The van der Waals surface area contributed by atoms with E-state index in [1.54, 1.807) is 0 Å². The molecular formula is C42H72O5. The van der Waals surface area contributed by atoms with Gasteiger partial charge in [-0.05, 0) is 51.4 Å². The minimum Gasteiger partial charge on any atom is -0.462 e. The summed E-state index contributed by atoms with van der Waals surface area (Å²) >= 11 is 0. The zero-order valence-corrected chi connectivity index (χ0v) is 30.5. The standard InChI is InChI=1S/C42H72O5/c1-3-5-7-9-11-13-15-17-19-21-23-25-27-29-31-33-35-37-42(45)47-40(38-43)39-46-41(44)36-34-32-30-28-26-24-22-20-18-16-14-12-10-8-6-4-2/h5,7,11,13,17,19,23,25,29,31,40,43H,3-4,6,8-10,12,14-16,18,20-22,24,26-28,30,32-39H2,1-2H3/b7-5-,13-11-,19-17-,25-23-,31-29-/t40-/m0/s1. The Morgan fingerprint density at radius 1 is 0.511 bits per heavy atom. The number of ether oxygens (including phenoxy) is 2. The zero-order valence-electron chi connectivity index (χ0n) is 30.5. The number of rotatable bonds is 34. The molecule has 0 aliphatic rings. The summed E-state index contributed by atoms with van der Waals surface area (Å²) in [6, 6.07) is 0. The van der Waals surface area contributed by atoms with E-state index in [1.807, 2.05) is 0 Å². The molecule has 0 aromatic rings. The van der Waals surface area contributed by atoms with Crippen LogP contribution in [0.3, 0.4) is 0 Å². The number of carbonyl (C=O) groups excluding carboxylic acids is 2. The summed E-state index contributed by atoms with van der Waals surface area (Å²) in [6.45, 7) is 3.97. The van der Waals surface area contributed by atoms with E-state index in [4.69, 9.17) is 9.47 Å². The lowest BCUT2D eigenvalue weighted by molar-refractivity contribution is -0.161. The Morgan fingerprint density at radius 3 is 1.36 bits per heavy atom. The highest BCUT2D eigenvalue weighted by atomic mass is 16.6. The van der Waals surface area contributed by atoms with Crippen molar-refractivity contribution < 1.29 is 24.2 Å². The van der Waals surface area contributed by atoms with Gasteiger partial charge in [-0.3, -0.25) is 9.59 Å². The first-order valence-electron chi connectivity index (χ1n) is 19.3. The molecule has 0 aromatic carbocycles. The molecule has 0 fully saturated rings. The van der Waals surface area contributed by atoms with Gasteiger partial charge in [-0.25, -0.2) is 0 Å². The number of aliphatic hydroxyl groups excluding tert-OH is 1. The Bertz CT molecular complexity index is 838. The van der Waals surface area contributed by atoms with E-state index in [-0.39, 0.29) is 31.6 Å². The lowest BCUT2D eigenvalue weighted by atomic mass is 10.0. The number of carbonyl (C=O) groups is 2. The maximum absolute atomic E-state index is 12.1. The molecular weight excluding hydrogens is 584 g/mol. The molecule has 0 aromatic heterocycles. The number of hydrogen-bond donors (Lipinski definition) is 1. The molecule has 0 bridgehead atoms. The summed E-state index contributed by atoms with van der Waals surface area (Å²) in [5, 5.41) is 9.54. The van der Waals surface area contributed by atoms with Gasteiger partial charge in [-0.2, -0.15) is 0 Å². The maximum Gasteiger partial charge on any atom is 0.306 e. The molecule has 270 valence electrons. The molecule has 47 heavy (non-hydrogen) atoms. The lowest BCUT2D eigenvalue weighted by Gasteiger charge is -2.15. The summed E-state index contributed by atoms with van der Waals surface area (Å²) in [6.07, 6.45) is 48.5. The summed E-state index contributed by atoms with van der Waals surface area (Å²) in [5.74, 6) is -0.659. The second-order valence-corrected chi connectivity index (χ2v) is 12.6. The minimum atomic E-state index is -0.800. The average molecular weight is 657 g/mol. The third kappa shape index (κ3) is 36.3. The van der Waals surface area contributed by atoms with E-state index in [9.17, 15) is 14.7 Å². The van der Waals surface area contributed by atoms with E-state index >= 15 is 0 Å². The lowest BCUT2D eigenvalue weighted by Crippen LogP contribution is -2.28. The molecule has 0 rings (SSSR count). The molecule has 0 spiro atoms. The topological polar surface area (TPSA) is 72.8 Å². The van der Waals surface area contributed by atoms with Gasteiger partial charge < -0.3 is 14.6 Å². The number of unbranched alkanes of at least 4 members (excludes halogenated alkanes) is 16. The molecule has 0 heterocycles. The van der Waals surface area contributed by atoms with Crippen LogP contribution in [-0.2, 0) is 19.1 Å². The predicted molar refractivity (Wildman–Crippen MR) is 200 cm³/mol. The quantitative estimate of drug-likeness (QED) is 0.0424. The van der Waals surface area contributed by atoms with Crippen molar-refractivity contribution in [3.63, 3.8) is 0 Å². The number of esters is 2. The Balaban J connectivity index is 3.66. The highest BCUT2D eigenvalue weighted by Gasteiger charge is 2.15. The van der Waals surface area contributed by atoms with Gasteiger partial charge >= 0.3 is 11.9 Å². The third-order valence-corrected chi connectivity index (χ3v) is 8.08. The number of aliphatic hydroxyl groups is 1. The Labute approximate surface area is 290 Å². The molecule has 5 heteroatoms. The van der Waals surface area contributed by atoms with E-state index in [2.05, 4.69) is 74.6 Å². The summed E-state index contributed by atoms with van der Waals surface area (Å²) < 4.78 is 10.6. The van der Waals surface area contributed by atoms with E-state index < -0.39 is 6.10 Å². The second kappa shape index (κ2) is 38.1. The van der Waals surface area contributed by atoms with Gasteiger partial charge in [0, 0.05) is 12.8 Å². The molecule has 0 aliphatic heterocycles. The first-order valence-corrected chi connectivity index (χ1v) is 19.3. The fraction of sp³-hybridized carbons (Fsp3) is 0.714. The van der Waals surface area contributed by atoms with Gasteiger partial charge in [0.25, 0.3) is 0 Å². The fourth-order valence-electron chi connectivity index (χ4n) is 5.18. The molecule has 0 amide bonds. The molecule has 0 saturated heterocycles. The SMILES string of the molecule is CC/C=C\C/C=C\C/C=C\C/C=C\C/C=C\CCCC(=O)O[C@@H](CO)COC(=O)CCCCCCCCCCCCCCCCCC. The van der Waals surface area contributed by atoms with Crippen molar-refractivity contribution in [3.8, 4) is 0 Å². The van der Waals surface area contributed by atoms with Crippen LogP contribution in [0.5, 0.6) is 0 Å². The average Bonchev–Trinajstić information content (AvgIpc) is 3.07. The van der Waals surface area contributed by atoms with Crippen LogP contribution in [0.15, 0.2) is 60.8 Å². The van der Waals surface area contributed by atoms with Crippen LogP contribution in [0.25, 0.3) is 0 Å². The van der Waals surface area contributed by atoms with E-state index in [1.165, 1.54) is 83.5 Å². The van der Waals surface area contributed by atoms with E-state index in [0.29, 0.717) is 12.8 Å². The highest BCUT2D eigenvalue weighted by molar-refractivity contribution is 5.70. The first kappa shape index (κ1) is 44.6. The van der Waals surface area contributed by atoms with Crippen LogP contribution in [0, 0.1) is 0 Å². The van der Waals surface area contributed by atoms with Crippen molar-refractivity contribution in [2.45, 2.75) is 180 Å². The number of hydrogen-bond acceptors (Lipinski definition) is 5. The van der Waals surface area contributed by atoms with Crippen molar-refractivity contribution >= 4 is 11.9 Å². The largest absolute Gasteiger partial charge is 0.462 e. The van der Waals surface area contributed by atoms with Crippen molar-refractivity contribution in [2.24, 2.45) is 0 Å². The third-order valence-electron chi connectivity index (χ3n) is 8.08. The maximum atomic E-state index is 12.1. The van der Waals surface area contributed by atoms with Gasteiger partial charge in [-0.1, -0.05) is 171 Å². The summed E-state index contributed by atoms with van der Waals surface area (Å²) in [7, 11) is 0. The Kier molecular flexibility index (Phi) is 36.1. The van der Waals surface area contributed by atoms with Gasteiger partial charge in [0.2, 0.25) is 0 Å². The van der Waals surface area contributed by atoms with Crippen LogP contribution in [0.2, 0.25) is 0 Å². The van der Waals surface area contributed by atoms with Crippen molar-refractivity contribution in [1.29, 1.82) is 0 Å². The van der Waals surface area contributed by atoms with Crippen LogP contribution in [0.1, 0.15) is 174 Å². The monoisotopic (exact) mass is 657 g/mol. The van der Waals surface area contributed by atoms with Crippen LogP contribution < -0.4 is 0 Å². The van der Waals surface area contributed by atoms with Crippen molar-refractivity contribution in [2.75, 3.05) is 13.2 Å².